The Balaban J connectivity index is 1.97. The van der Waals surface area contributed by atoms with Crippen LogP contribution < -0.4 is 11.1 Å². The van der Waals surface area contributed by atoms with Gasteiger partial charge in [0.1, 0.15) is 5.69 Å². The fourth-order valence-corrected chi connectivity index (χ4v) is 2.88. The van der Waals surface area contributed by atoms with Crippen molar-refractivity contribution in [2.75, 3.05) is 12.3 Å². The van der Waals surface area contributed by atoms with Gasteiger partial charge < -0.3 is 20.7 Å². The molecule has 0 saturated heterocycles. The number of carbonyl (C=O) groups excluding carboxylic acids is 1. The van der Waals surface area contributed by atoms with Gasteiger partial charge >= 0.3 is 0 Å². The van der Waals surface area contributed by atoms with Gasteiger partial charge in [-0.15, -0.1) is 0 Å². The molecule has 0 radical (unpaired) electrons. The zero-order chi connectivity index (χ0) is 14.6. The number of aryl methyl sites for hydroxylation is 1. The molecule has 1 aliphatic carbocycles. The summed E-state index contributed by atoms with van der Waals surface area (Å²) in [5.41, 5.74) is 6.13. The highest BCUT2D eigenvalue weighted by molar-refractivity contribution is 5.93. The van der Waals surface area contributed by atoms with Crippen LogP contribution in [0.15, 0.2) is 12.3 Å². The molecule has 1 amide bonds. The Morgan fingerprint density at radius 2 is 2.05 bits per heavy atom. The van der Waals surface area contributed by atoms with E-state index in [0.29, 0.717) is 24.5 Å². The highest BCUT2D eigenvalue weighted by atomic mass is 16.3. The van der Waals surface area contributed by atoms with E-state index in [1.54, 1.807) is 12.3 Å². The summed E-state index contributed by atoms with van der Waals surface area (Å²) >= 11 is 0. The monoisotopic (exact) mass is 279 g/mol. The third kappa shape index (κ3) is 3.54. The lowest BCUT2D eigenvalue weighted by molar-refractivity contribution is 0.0245. The number of hydrogen-bond donors (Lipinski definition) is 3. The number of nitrogens with zero attached hydrogens (tertiary/aromatic N) is 1. The number of amides is 1. The van der Waals surface area contributed by atoms with Crippen molar-refractivity contribution in [1.82, 2.24) is 9.88 Å². The van der Waals surface area contributed by atoms with Crippen molar-refractivity contribution < 1.29 is 9.90 Å². The van der Waals surface area contributed by atoms with Crippen LogP contribution in [-0.2, 0) is 6.54 Å². The number of nitrogens with two attached hydrogens (primary N) is 1. The zero-order valence-electron chi connectivity index (χ0n) is 12.2. The van der Waals surface area contributed by atoms with E-state index >= 15 is 0 Å². The lowest BCUT2D eigenvalue weighted by atomic mass is 9.94. The number of carbonyl (C=O) groups is 1. The third-order valence-corrected chi connectivity index (χ3v) is 4.10. The Hall–Kier alpha value is -1.49. The van der Waals surface area contributed by atoms with Gasteiger partial charge in [-0.3, -0.25) is 4.79 Å². The van der Waals surface area contributed by atoms with E-state index in [-0.39, 0.29) is 5.91 Å². The number of nitrogens with one attached hydrogen (secondary N) is 1. The predicted molar refractivity (Wildman–Crippen MR) is 79.5 cm³/mol. The maximum absolute atomic E-state index is 12.2. The van der Waals surface area contributed by atoms with Crippen LogP contribution in [0.4, 0.5) is 5.69 Å². The smallest absolute Gasteiger partial charge is 0.268 e. The molecule has 1 fully saturated rings. The molecule has 5 nitrogen and oxygen atoms in total. The van der Waals surface area contributed by atoms with Crippen molar-refractivity contribution in [3.63, 3.8) is 0 Å². The molecule has 5 heteroatoms. The second-order valence-electron chi connectivity index (χ2n) is 5.77. The maximum atomic E-state index is 12.2. The van der Waals surface area contributed by atoms with E-state index in [4.69, 9.17) is 5.73 Å². The molecule has 0 bridgehead atoms. The quantitative estimate of drug-likeness (QED) is 0.736. The van der Waals surface area contributed by atoms with Crippen LogP contribution >= 0.6 is 0 Å². The molecule has 0 aliphatic heterocycles. The standard InChI is InChI=1S/C15H25N3O2/c1-2-18-10-12(16)9-13(18)14(19)17-11-15(20)7-5-3-4-6-8-15/h9-10,20H,2-8,11,16H2,1H3,(H,17,19). The molecule has 2 rings (SSSR count). The van der Waals surface area contributed by atoms with Crippen molar-refractivity contribution in [1.29, 1.82) is 0 Å². The molecule has 0 spiro atoms. The molecule has 1 heterocycles. The van der Waals surface area contributed by atoms with E-state index in [2.05, 4.69) is 5.32 Å². The second-order valence-corrected chi connectivity index (χ2v) is 5.77. The number of nitrogen functional groups attached to an aromatic ring is 1. The summed E-state index contributed by atoms with van der Waals surface area (Å²) in [5, 5.41) is 13.4. The first-order chi connectivity index (χ1) is 9.54. The van der Waals surface area contributed by atoms with Gasteiger partial charge in [0.2, 0.25) is 0 Å². The predicted octanol–water partition coefficient (Wildman–Crippen LogP) is 1.91. The third-order valence-electron chi connectivity index (χ3n) is 4.10. The van der Waals surface area contributed by atoms with Crippen molar-refractivity contribution in [3.05, 3.63) is 18.0 Å². The van der Waals surface area contributed by atoms with Crippen LogP contribution in [0.25, 0.3) is 0 Å². The van der Waals surface area contributed by atoms with Gasteiger partial charge in [0, 0.05) is 19.3 Å². The van der Waals surface area contributed by atoms with E-state index < -0.39 is 5.60 Å². The van der Waals surface area contributed by atoms with Crippen molar-refractivity contribution in [2.24, 2.45) is 0 Å². The van der Waals surface area contributed by atoms with Crippen LogP contribution in [0.5, 0.6) is 0 Å². The van der Waals surface area contributed by atoms with Gasteiger partial charge in [0.25, 0.3) is 5.91 Å². The van der Waals surface area contributed by atoms with Crippen molar-refractivity contribution >= 4 is 11.6 Å². The summed E-state index contributed by atoms with van der Waals surface area (Å²) in [6, 6.07) is 1.68. The van der Waals surface area contributed by atoms with Gasteiger partial charge in [-0.05, 0) is 25.8 Å². The highest BCUT2D eigenvalue weighted by Gasteiger charge is 2.28. The van der Waals surface area contributed by atoms with Crippen LogP contribution in [0.1, 0.15) is 55.9 Å². The van der Waals surface area contributed by atoms with E-state index in [9.17, 15) is 9.90 Å². The summed E-state index contributed by atoms with van der Waals surface area (Å²) in [4.78, 5) is 12.2. The van der Waals surface area contributed by atoms with Gasteiger partial charge in [-0.1, -0.05) is 25.7 Å². The van der Waals surface area contributed by atoms with Crippen molar-refractivity contribution in [2.45, 2.75) is 57.6 Å². The largest absolute Gasteiger partial charge is 0.397 e. The first kappa shape index (κ1) is 14.9. The van der Waals surface area contributed by atoms with E-state index in [1.165, 1.54) is 12.8 Å². The minimum Gasteiger partial charge on any atom is -0.397 e. The number of rotatable bonds is 4. The molecular weight excluding hydrogens is 254 g/mol. The van der Waals surface area contributed by atoms with Crippen LogP contribution in [0, 0.1) is 0 Å². The molecule has 1 aliphatic rings. The van der Waals surface area contributed by atoms with Crippen LogP contribution in [-0.4, -0.2) is 27.7 Å². The summed E-state index contributed by atoms with van der Waals surface area (Å²) in [5.74, 6) is -0.166. The lowest BCUT2D eigenvalue weighted by Gasteiger charge is -2.26. The molecule has 112 valence electrons. The topological polar surface area (TPSA) is 80.3 Å². The fourth-order valence-electron chi connectivity index (χ4n) is 2.88. The summed E-state index contributed by atoms with van der Waals surface area (Å²) < 4.78 is 1.82. The van der Waals surface area contributed by atoms with Gasteiger partial charge in [-0.2, -0.15) is 0 Å². The van der Waals surface area contributed by atoms with Crippen LogP contribution in [0.2, 0.25) is 0 Å². The first-order valence-corrected chi connectivity index (χ1v) is 7.50. The van der Waals surface area contributed by atoms with Gasteiger partial charge in [0.15, 0.2) is 0 Å². The minimum absolute atomic E-state index is 0.166. The Kier molecular flexibility index (Phi) is 4.70. The maximum Gasteiger partial charge on any atom is 0.268 e. The molecule has 1 saturated carbocycles. The first-order valence-electron chi connectivity index (χ1n) is 7.50. The second kappa shape index (κ2) is 6.31. The van der Waals surface area contributed by atoms with Crippen LogP contribution in [0.3, 0.4) is 0 Å². The normalized spacial score (nSPS) is 18.5. The number of anilines is 1. The Labute approximate surface area is 120 Å². The van der Waals surface area contributed by atoms with E-state index in [0.717, 1.165) is 25.7 Å². The summed E-state index contributed by atoms with van der Waals surface area (Å²) in [7, 11) is 0. The molecule has 0 unspecified atom stereocenters. The highest BCUT2D eigenvalue weighted by Crippen LogP contribution is 2.26. The molecule has 4 N–H and O–H groups in total. The average Bonchev–Trinajstić information content (AvgIpc) is 2.67. The average molecular weight is 279 g/mol. The number of hydrogen-bond acceptors (Lipinski definition) is 3. The van der Waals surface area contributed by atoms with Gasteiger partial charge in [0.05, 0.1) is 11.3 Å². The molecule has 1 aromatic rings. The molecule has 1 aromatic heterocycles. The minimum atomic E-state index is -0.749. The molecule has 0 aromatic carbocycles. The van der Waals surface area contributed by atoms with Crippen molar-refractivity contribution in [3.8, 4) is 0 Å². The fraction of sp³-hybridized carbons (Fsp3) is 0.667. The SMILES string of the molecule is CCn1cc(N)cc1C(=O)NCC1(O)CCCCCC1. The number of aromatic nitrogens is 1. The molecule has 20 heavy (non-hydrogen) atoms. The Morgan fingerprint density at radius 3 is 2.65 bits per heavy atom. The zero-order valence-corrected chi connectivity index (χ0v) is 12.2. The Bertz CT molecular complexity index is 460. The lowest BCUT2D eigenvalue weighted by Crippen LogP contribution is -2.43. The summed E-state index contributed by atoms with van der Waals surface area (Å²) in [6.07, 6.45) is 7.70. The van der Waals surface area contributed by atoms with Gasteiger partial charge in [-0.25, -0.2) is 0 Å². The molecule has 0 atom stereocenters. The Morgan fingerprint density at radius 1 is 1.40 bits per heavy atom. The van der Waals surface area contributed by atoms with E-state index in [1.807, 2.05) is 11.5 Å². The molecular formula is C15H25N3O2. The summed E-state index contributed by atoms with van der Waals surface area (Å²) in [6.45, 7) is 2.99. The number of aliphatic hydroxyl groups is 1.